The van der Waals surface area contributed by atoms with Crippen molar-refractivity contribution in [2.45, 2.75) is 39.5 Å². The number of primary amides is 1. The highest BCUT2D eigenvalue weighted by molar-refractivity contribution is 7.14. The van der Waals surface area contributed by atoms with Crippen LogP contribution in [0.15, 0.2) is 5.38 Å². The molecule has 0 aliphatic rings. The van der Waals surface area contributed by atoms with Gasteiger partial charge < -0.3 is 15.8 Å². The van der Waals surface area contributed by atoms with Crippen LogP contribution < -0.4 is 16.5 Å². The molecule has 5 N–H and O–H groups in total. The van der Waals surface area contributed by atoms with Gasteiger partial charge in [0.15, 0.2) is 10.8 Å². The molecule has 0 radical (unpaired) electrons. The van der Waals surface area contributed by atoms with Gasteiger partial charge in [-0.2, -0.15) is 0 Å². The van der Waals surface area contributed by atoms with Crippen LogP contribution in [0.3, 0.4) is 0 Å². The lowest BCUT2D eigenvalue weighted by Gasteiger charge is -2.25. The second-order valence-corrected chi connectivity index (χ2v) is 5.69. The molecule has 0 fully saturated rings. The first kappa shape index (κ1) is 14.6. The predicted octanol–water partition coefficient (Wildman–Crippen LogP) is -0.250. The highest BCUT2D eigenvalue weighted by Crippen LogP contribution is 2.18. The Bertz CT molecular complexity index is 450. The Kier molecular flexibility index (Phi) is 4.42. The van der Waals surface area contributed by atoms with Gasteiger partial charge in [0.2, 0.25) is 0 Å². The van der Waals surface area contributed by atoms with Crippen molar-refractivity contribution >= 4 is 28.1 Å². The monoisotopic (exact) mass is 271 g/mol. The van der Waals surface area contributed by atoms with Gasteiger partial charge in [-0.15, -0.1) is 11.3 Å². The van der Waals surface area contributed by atoms with Crippen LogP contribution in [-0.4, -0.2) is 28.4 Å². The summed E-state index contributed by atoms with van der Waals surface area (Å²) < 4.78 is 5.68. The zero-order chi connectivity index (χ0) is 13.9. The molecule has 1 aromatic heterocycles. The van der Waals surface area contributed by atoms with E-state index in [9.17, 15) is 4.79 Å². The van der Waals surface area contributed by atoms with Crippen molar-refractivity contribution in [2.24, 2.45) is 5.73 Å². The Labute approximate surface area is 110 Å². The van der Waals surface area contributed by atoms with Crippen molar-refractivity contribution in [1.82, 2.24) is 4.98 Å². The fourth-order valence-electron chi connectivity index (χ4n) is 1.32. The van der Waals surface area contributed by atoms with Gasteiger partial charge in [-0.05, 0) is 27.7 Å². The predicted molar refractivity (Wildman–Crippen MR) is 71.3 cm³/mol. The number of nitrogens with two attached hydrogens (primary N) is 2. The molecule has 1 aromatic rings. The smallest absolute Gasteiger partial charge is 0.315 e. The number of hydrogen-bond acceptors (Lipinski definition) is 5. The second kappa shape index (κ2) is 5.45. The summed E-state index contributed by atoms with van der Waals surface area (Å²) in [5.41, 5.74) is 5.18. The van der Waals surface area contributed by atoms with Crippen LogP contribution in [0.25, 0.3) is 0 Å². The zero-order valence-electron chi connectivity index (χ0n) is 11.0. The van der Waals surface area contributed by atoms with Crippen LogP contribution in [0.4, 0.5) is 5.13 Å². The molecule has 1 amide bonds. The van der Waals surface area contributed by atoms with Crippen molar-refractivity contribution in [3.63, 3.8) is 0 Å². The van der Waals surface area contributed by atoms with E-state index in [-0.39, 0.29) is 17.5 Å². The molecule has 6 nitrogen and oxygen atoms in total. The molecule has 100 valence electrons. The van der Waals surface area contributed by atoms with Gasteiger partial charge in [-0.3, -0.25) is 4.79 Å². The molecular formula is C11H19N4O2S+. The van der Waals surface area contributed by atoms with Crippen LogP contribution in [0.2, 0.25) is 0 Å². The molecular weight excluding hydrogens is 252 g/mol. The van der Waals surface area contributed by atoms with Crippen molar-refractivity contribution in [3.05, 3.63) is 11.1 Å². The second-order valence-electron chi connectivity index (χ2n) is 4.83. The van der Waals surface area contributed by atoms with E-state index in [2.05, 4.69) is 10.3 Å². The number of rotatable bonds is 5. The van der Waals surface area contributed by atoms with Crippen LogP contribution in [-0.2, 0) is 9.53 Å². The van der Waals surface area contributed by atoms with Crippen molar-refractivity contribution in [2.75, 3.05) is 5.32 Å². The lowest BCUT2D eigenvalue weighted by Crippen LogP contribution is -2.48. The van der Waals surface area contributed by atoms with Gasteiger partial charge in [0.05, 0.1) is 5.60 Å². The third kappa shape index (κ3) is 4.42. The summed E-state index contributed by atoms with van der Waals surface area (Å²) >= 11 is 1.34. The van der Waals surface area contributed by atoms with Crippen LogP contribution in [0, 0.1) is 0 Å². The van der Waals surface area contributed by atoms with E-state index in [4.69, 9.17) is 15.9 Å². The Morgan fingerprint density at radius 3 is 2.72 bits per heavy atom. The molecule has 0 aliphatic heterocycles. The van der Waals surface area contributed by atoms with E-state index < -0.39 is 5.91 Å². The number of nitrogens with one attached hydrogen (secondary N) is 1. The Morgan fingerprint density at radius 2 is 2.22 bits per heavy atom. The summed E-state index contributed by atoms with van der Waals surface area (Å²) in [6.45, 7) is 7.79. The summed E-state index contributed by atoms with van der Waals surface area (Å²) in [7, 11) is 0. The Hall–Kier alpha value is -1.47. The fraction of sp³-hybridized carbons (Fsp3) is 0.545. The minimum atomic E-state index is -0.675. The molecule has 0 spiro atoms. The van der Waals surface area contributed by atoms with E-state index in [1.165, 1.54) is 11.3 Å². The number of amides is 1. The van der Waals surface area contributed by atoms with Crippen LogP contribution >= 0.6 is 11.3 Å². The quantitative estimate of drug-likeness (QED) is 0.507. The average Bonchev–Trinajstić information content (AvgIpc) is 2.61. The van der Waals surface area contributed by atoms with Gasteiger partial charge in [0, 0.05) is 5.38 Å². The molecule has 1 unspecified atom stereocenters. The van der Waals surface area contributed by atoms with E-state index in [1.807, 2.05) is 27.7 Å². The maximum Gasteiger partial charge on any atom is 0.315 e. The lowest BCUT2D eigenvalue weighted by molar-refractivity contribution is -0.133. The third-order valence-corrected chi connectivity index (χ3v) is 2.68. The number of nitrogens with zero attached hydrogens (tertiary/aromatic N) is 1. The summed E-state index contributed by atoms with van der Waals surface area (Å²) in [6.07, 6.45) is -0.196. The highest BCUT2D eigenvalue weighted by atomic mass is 32.1. The number of aromatic nitrogens is 1. The molecule has 0 aromatic carbocycles. The Morgan fingerprint density at radius 1 is 1.61 bits per heavy atom. The molecule has 1 atom stereocenters. The number of ether oxygens (including phenoxy) is 1. The number of thiazole rings is 1. The standard InChI is InChI=1S/C11H18N4O2S/c1-6(17-11(2,3)4)14-10-15-7(5-18-10)8(12)9(13)16/h5-6,12H,1-4H3,(H2,13,16)(H,14,15)/p+1. The number of hydrogen-bond donors (Lipinski definition) is 3. The van der Waals surface area contributed by atoms with Crippen molar-refractivity contribution in [3.8, 4) is 0 Å². The fourth-order valence-corrected chi connectivity index (χ4v) is 2.11. The maximum absolute atomic E-state index is 10.9. The lowest BCUT2D eigenvalue weighted by atomic mass is 10.2. The first-order chi connectivity index (χ1) is 8.19. The van der Waals surface area contributed by atoms with Gasteiger partial charge >= 0.3 is 5.91 Å². The van der Waals surface area contributed by atoms with Gasteiger partial charge in [-0.25, -0.2) is 10.4 Å². The van der Waals surface area contributed by atoms with Gasteiger partial charge in [-0.1, -0.05) is 0 Å². The summed E-state index contributed by atoms with van der Waals surface area (Å²) in [5.74, 6) is -0.675. The minimum absolute atomic E-state index is 0.0382. The summed E-state index contributed by atoms with van der Waals surface area (Å²) in [4.78, 5) is 15.1. The molecule has 0 aliphatic carbocycles. The summed E-state index contributed by atoms with van der Waals surface area (Å²) in [5, 5.41) is 10.9. The van der Waals surface area contributed by atoms with E-state index in [1.54, 1.807) is 5.38 Å². The van der Waals surface area contributed by atoms with E-state index in [0.717, 1.165) is 0 Å². The first-order valence-corrected chi connectivity index (χ1v) is 6.39. The molecule has 0 bridgehead atoms. The van der Waals surface area contributed by atoms with Gasteiger partial charge in [0.1, 0.15) is 6.23 Å². The normalized spacial score (nSPS) is 13.1. The third-order valence-electron chi connectivity index (χ3n) is 1.90. The molecule has 0 saturated carbocycles. The van der Waals surface area contributed by atoms with Crippen molar-refractivity contribution < 1.29 is 14.9 Å². The van der Waals surface area contributed by atoms with Crippen LogP contribution in [0.5, 0.6) is 0 Å². The molecule has 1 rings (SSSR count). The zero-order valence-corrected chi connectivity index (χ0v) is 11.8. The number of carbonyl (C=O) groups excluding carboxylic acids is 1. The highest BCUT2D eigenvalue weighted by Gasteiger charge is 2.19. The van der Waals surface area contributed by atoms with Crippen LogP contribution in [0.1, 0.15) is 33.4 Å². The minimum Gasteiger partial charge on any atom is -0.360 e. The topological polar surface area (TPSA) is 103 Å². The number of anilines is 1. The average molecular weight is 271 g/mol. The molecule has 0 saturated heterocycles. The maximum atomic E-state index is 10.9. The molecule has 18 heavy (non-hydrogen) atoms. The summed E-state index contributed by atoms with van der Waals surface area (Å²) in [6, 6.07) is 0. The van der Waals surface area contributed by atoms with E-state index >= 15 is 0 Å². The molecule has 1 heterocycles. The molecule has 7 heteroatoms. The SMILES string of the molecule is CC(Nc1nc(C(=[NH2+])C(N)=O)cs1)OC(C)(C)C. The number of carbonyl (C=O) groups is 1. The van der Waals surface area contributed by atoms with Crippen molar-refractivity contribution in [1.29, 1.82) is 0 Å². The Balaban J connectivity index is 2.64. The first-order valence-electron chi connectivity index (χ1n) is 5.51. The van der Waals surface area contributed by atoms with Gasteiger partial charge in [0.25, 0.3) is 5.71 Å². The van der Waals surface area contributed by atoms with E-state index in [0.29, 0.717) is 10.8 Å². The largest absolute Gasteiger partial charge is 0.360 e.